The Morgan fingerprint density at radius 3 is 2.04 bits per heavy atom. The lowest BCUT2D eigenvalue weighted by atomic mass is 10.0. The Morgan fingerprint density at radius 1 is 0.783 bits per heavy atom. The number of unbranched alkanes of at least 4 members (excludes halogenated alkanes) is 5. The summed E-state index contributed by atoms with van der Waals surface area (Å²) in [6, 6.07) is 1.10. The zero-order chi connectivity index (χ0) is 17.0. The first kappa shape index (κ1) is 21.1. The standard InChI is InChI=1S/C19H40O3Si/c1-5-9-10-11-12-13-16-19(20-6-2)17-14-15-18-23(19,21-7-3)22-8-4/h5-18H2,1-4H3. The van der Waals surface area contributed by atoms with Gasteiger partial charge in [-0.2, -0.15) is 0 Å². The van der Waals surface area contributed by atoms with Crippen molar-refractivity contribution in [3.63, 3.8) is 0 Å². The fourth-order valence-electron chi connectivity index (χ4n) is 4.14. The Bertz CT molecular complexity index is 283. The van der Waals surface area contributed by atoms with Crippen molar-refractivity contribution in [1.82, 2.24) is 0 Å². The summed E-state index contributed by atoms with van der Waals surface area (Å²) in [5.41, 5.74) is 0. The molecule has 1 heterocycles. The van der Waals surface area contributed by atoms with Gasteiger partial charge in [-0.25, -0.2) is 0 Å². The summed E-state index contributed by atoms with van der Waals surface area (Å²) in [6.45, 7) is 10.9. The predicted octanol–water partition coefficient (Wildman–Crippen LogP) is 5.75. The van der Waals surface area contributed by atoms with Gasteiger partial charge in [0.15, 0.2) is 0 Å². The van der Waals surface area contributed by atoms with Crippen molar-refractivity contribution in [3.05, 3.63) is 0 Å². The third-order valence-electron chi connectivity index (χ3n) is 5.14. The average molecular weight is 345 g/mol. The SMILES string of the molecule is CCCCCCCCC1(OCC)CCCC[Si]1(OCC)OCC. The normalized spacial score (nSPS) is 24.0. The Kier molecular flexibility index (Phi) is 10.7. The van der Waals surface area contributed by atoms with Crippen molar-refractivity contribution in [2.45, 2.75) is 103 Å². The van der Waals surface area contributed by atoms with Gasteiger partial charge in [-0.15, -0.1) is 0 Å². The topological polar surface area (TPSA) is 27.7 Å². The number of hydrogen-bond acceptors (Lipinski definition) is 3. The van der Waals surface area contributed by atoms with Crippen molar-refractivity contribution in [3.8, 4) is 0 Å². The van der Waals surface area contributed by atoms with Crippen LogP contribution < -0.4 is 0 Å². The molecule has 0 spiro atoms. The van der Waals surface area contributed by atoms with Gasteiger partial charge in [-0.3, -0.25) is 0 Å². The molecular formula is C19H40O3Si. The molecule has 1 saturated heterocycles. The van der Waals surface area contributed by atoms with Crippen molar-refractivity contribution in [2.75, 3.05) is 19.8 Å². The number of rotatable bonds is 13. The Labute approximate surface area is 145 Å². The van der Waals surface area contributed by atoms with Crippen LogP contribution in [0.3, 0.4) is 0 Å². The average Bonchev–Trinajstić information content (AvgIpc) is 2.54. The van der Waals surface area contributed by atoms with Gasteiger partial charge in [0.1, 0.15) is 5.22 Å². The fraction of sp³-hybridized carbons (Fsp3) is 1.00. The molecule has 0 N–H and O–H groups in total. The third kappa shape index (κ3) is 5.84. The molecule has 0 aromatic heterocycles. The van der Waals surface area contributed by atoms with E-state index in [4.69, 9.17) is 13.6 Å². The first-order chi connectivity index (χ1) is 11.2. The van der Waals surface area contributed by atoms with Crippen LogP contribution in [-0.4, -0.2) is 33.6 Å². The summed E-state index contributed by atoms with van der Waals surface area (Å²) in [5.74, 6) is 0. The largest absolute Gasteiger partial charge is 0.393 e. The van der Waals surface area contributed by atoms with E-state index in [0.29, 0.717) is 0 Å². The molecule has 1 fully saturated rings. The van der Waals surface area contributed by atoms with E-state index in [1.165, 1.54) is 51.4 Å². The van der Waals surface area contributed by atoms with Crippen LogP contribution in [0.2, 0.25) is 6.04 Å². The molecule has 0 aromatic carbocycles. The van der Waals surface area contributed by atoms with Crippen LogP contribution in [0.4, 0.5) is 0 Å². The lowest BCUT2D eigenvalue weighted by molar-refractivity contribution is -0.0468. The van der Waals surface area contributed by atoms with Crippen LogP contribution in [0.1, 0.15) is 91.9 Å². The fourth-order valence-corrected chi connectivity index (χ4v) is 8.62. The van der Waals surface area contributed by atoms with E-state index in [0.717, 1.165) is 38.7 Å². The van der Waals surface area contributed by atoms with E-state index >= 15 is 0 Å². The van der Waals surface area contributed by atoms with E-state index in [1.807, 2.05) is 0 Å². The summed E-state index contributed by atoms with van der Waals surface area (Å²) in [7, 11) is -2.28. The van der Waals surface area contributed by atoms with E-state index in [-0.39, 0.29) is 5.22 Å². The van der Waals surface area contributed by atoms with Crippen LogP contribution in [-0.2, 0) is 13.6 Å². The second-order valence-electron chi connectivity index (χ2n) is 6.77. The molecule has 0 aliphatic carbocycles. The molecule has 1 unspecified atom stereocenters. The third-order valence-corrected chi connectivity index (χ3v) is 9.69. The lowest BCUT2D eigenvalue weighted by Crippen LogP contribution is -2.66. The zero-order valence-corrected chi connectivity index (χ0v) is 17.1. The number of hydrogen-bond donors (Lipinski definition) is 0. The van der Waals surface area contributed by atoms with Crippen molar-refractivity contribution in [2.24, 2.45) is 0 Å². The molecule has 4 heteroatoms. The Balaban J connectivity index is 2.74. The summed E-state index contributed by atoms with van der Waals surface area (Å²) >= 11 is 0. The second kappa shape index (κ2) is 11.6. The van der Waals surface area contributed by atoms with Gasteiger partial charge in [0.2, 0.25) is 0 Å². The van der Waals surface area contributed by atoms with Gasteiger partial charge >= 0.3 is 8.56 Å². The summed E-state index contributed by atoms with van der Waals surface area (Å²) in [4.78, 5) is 0. The summed E-state index contributed by atoms with van der Waals surface area (Å²) in [5, 5.41) is -0.114. The maximum absolute atomic E-state index is 6.43. The van der Waals surface area contributed by atoms with Crippen LogP contribution in [0.15, 0.2) is 0 Å². The molecule has 0 bridgehead atoms. The molecule has 3 nitrogen and oxygen atoms in total. The van der Waals surface area contributed by atoms with Crippen LogP contribution in [0, 0.1) is 0 Å². The molecule has 0 amide bonds. The first-order valence-electron chi connectivity index (χ1n) is 10.1. The molecule has 1 aliphatic heterocycles. The lowest BCUT2D eigenvalue weighted by Gasteiger charge is -2.49. The van der Waals surface area contributed by atoms with Crippen molar-refractivity contribution >= 4 is 8.56 Å². The molecule has 1 aliphatic rings. The first-order valence-corrected chi connectivity index (χ1v) is 12.1. The van der Waals surface area contributed by atoms with Crippen LogP contribution in [0.25, 0.3) is 0 Å². The van der Waals surface area contributed by atoms with Gasteiger partial charge in [0.25, 0.3) is 0 Å². The Hall–Kier alpha value is 0.0969. The molecule has 138 valence electrons. The van der Waals surface area contributed by atoms with E-state index in [9.17, 15) is 0 Å². The molecule has 23 heavy (non-hydrogen) atoms. The highest BCUT2D eigenvalue weighted by molar-refractivity contribution is 6.70. The zero-order valence-electron chi connectivity index (χ0n) is 16.1. The van der Waals surface area contributed by atoms with Crippen LogP contribution in [0.5, 0.6) is 0 Å². The van der Waals surface area contributed by atoms with Crippen molar-refractivity contribution in [1.29, 1.82) is 0 Å². The predicted molar refractivity (Wildman–Crippen MR) is 100 cm³/mol. The monoisotopic (exact) mass is 344 g/mol. The summed E-state index contributed by atoms with van der Waals surface area (Å²) < 4.78 is 19.2. The molecule has 0 saturated carbocycles. The molecule has 1 atom stereocenters. The molecule has 1 rings (SSSR count). The highest BCUT2D eigenvalue weighted by Gasteiger charge is 2.59. The van der Waals surface area contributed by atoms with Gasteiger partial charge in [0, 0.05) is 19.8 Å². The minimum atomic E-state index is -2.28. The maximum Gasteiger partial charge on any atom is 0.371 e. The van der Waals surface area contributed by atoms with Gasteiger partial charge in [-0.05, 0) is 39.7 Å². The second-order valence-corrected chi connectivity index (χ2v) is 10.3. The quantitative estimate of drug-likeness (QED) is 0.314. The molecular weight excluding hydrogens is 304 g/mol. The van der Waals surface area contributed by atoms with Gasteiger partial charge < -0.3 is 13.6 Å². The Morgan fingerprint density at radius 2 is 1.43 bits per heavy atom. The van der Waals surface area contributed by atoms with E-state index in [1.54, 1.807) is 0 Å². The molecule has 0 aromatic rings. The maximum atomic E-state index is 6.43. The van der Waals surface area contributed by atoms with Crippen molar-refractivity contribution < 1.29 is 13.6 Å². The van der Waals surface area contributed by atoms with Crippen LogP contribution >= 0.6 is 0 Å². The summed E-state index contributed by atoms with van der Waals surface area (Å²) in [6.07, 6.45) is 12.7. The highest BCUT2D eigenvalue weighted by atomic mass is 28.4. The van der Waals surface area contributed by atoms with Gasteiger partial charge in [0.05, 0.1) is 0 Å². The number of ether oxygens (including phenoxy) is 1. The minimum Gasteiger partial charge on any atom is -0.393 e. The van der Waals surface area contributed by atoms with E-state index in [2.05, 4.69) is 27.7 Å². The smallest absolute Gasteiger partial charge is 0.371 e. The minimum absolute atomic E-state index is 0.114. The highest BCUT2D eigenvalue weighted by Crippen LogP contribution is 2.44. The van der Waals surface area contributed by atoms with Gasteiger partial charge in [-0.1, -0.05) is 58.3 Å². The van der Waals surface area contributed by atoms with E-state index < -0.39 is 8.56 Å². The molecule has 0 radical (unpaired) electrons.